The number of hydrogen-bond donors (Lipinski definition) is 2. The number of carboxylic acids is 1. The van der Waals surface area contributed by atoms with Gasteiger partial charge in [0.2, 0.25) is 0 Å². The number of carbonyl (C=O) groups is 1. The highest BCUT2D eigenvalue weighted by atomic mass is 19.4. The Morgan fingerprint density at radius 2 is 1.88 bits per heavy atom. The molecule has 0 fully saturated rings. The van der Waals surface area contributed by atoms with Crippen molar-refractivity contribution in [3.63, 3.8) is 0 Å². The number of aromatic nitrogens is 1. The second-order valence-corrected chi connectivity index (χ2v) is 5.38. The number of nitrogens with zero attached hydrogens (tertiary/aromatic N) is 2. The van der Waals surface area contributed by atoms with Gasteiger partial charge in [0.05, 0.1) is 22.3 Å². The van der Waals surface area contributed by atoms with Crippen LogP contribution in [0.4, 0.5) is 17.6 Å². The van der Waals surface area contributed by atoms with Crippen LogP contribution in [0.15, 0.2) is 36.5 Å². The number of carboxylic acid groups (broad SMARTS) is 1. The molecule has 132 valence electrons. The number of aromatic carboxylic acids is 1. The van der Waals surface area contributed by atoms with Gasteiger partial charge < -0.3 is 14.6 Å². The maximum atomic E-state index is 13.9. The Morgan fingerprint density at radius 1 is 1.19 bits per heavy atom. The summed E-state index contributed by atoms with van der Waals surface area (Å²) in [6, 6.07) is 6.95. The highest BCUT2D eigenvalue weighted by molar-refractivity contribution is 5.92. The average molecular weight is 364 g/mol. The molecular weight excluding hydrogens is 356 g/mol. The van der Waals surface area contributed by atoms with Crippen molar-refractivity contribution in [2.24, 2.45) is 0 Å². The van der Waals surface area contributed by atoms with E-state index in [4.69, 9.17) is 10.4 Å². The summed E-state index contributed by atoms with van der Waals surface area (Å²) in [4.78, 5) is 10.9. The van der Waals surface area contributed by atoms with Crippen LogP contribution in [0, 0.1) is 17.1 Å². The van der Waals surface area contributed by atoms with Gasteiger partial charge in [0, 0.05) is 11.8 Å². The van der Waals surface area contributed by atoms with Gasteiger partial charge in [0.1, 0.15) is 17.4 Å². The zero-order valence-corrected chi connectivity index (χ0v) is 12.7. The maximum absolute atomic E-state index is 13.9. The number of rotatable bonds is 2. The number of hydrogen-bond acceptors (Lipinski definition) is 3. The molecule has 0 bridgehead atoms. The van der Waals surface area contributed by atoms with E-state index in [0.29, 0.717) is 12.3 Å². The van der Waals surface area contributed by atoms with Crippen LogP contribution in [0.3, 0.4) is 0 Å². The summed E-state index contributed by atoms with van der Waals surface area (Å²) >= 11 is 0. The van der Waals surface area contributed by atoms with Crippen molar-refractivity contribution in [2.45, 2.75) is 6.18 Å². The van der Waals surface area contributed by atoms with Gasteiger partial charge in [-0.2, -0.15) is 18.4 Å². The molecule has 0 saturated heterocycles. The Kier molecular flexibility index (Phi) is 3.84. The summed E-state index contributed by atoms with van der Waals surface area (Å²) in [5.74, 6) is -3.47. The summed E-state index contributed by atoms with van der Waals surface area (Å²) in [7, 11) is 0. The lowest BCUT2D eigenvalue weighted by atomic mass is 10.1. The molecule has 0 amide bonds. The van der Waals surface area contributed by atoms with Crippen molar-refractivity contribution >= 4 is 11.5 Å². The highest BCUT2D eigenvalue weighted by Gasteiger charge is 2.35. The number of phenols is 1. The van der Waals surface area contributed by atoms with Crippen LogP contribution in [0.1, 0.15) is 21.5 Å². The third-order valence-corrected chi connectivity index (χ3v) is 3.81. The molecule has 9 heteroatoms. The number of fused-ring (bicyclic) bond motifs is 1. The third kappa shape index (κ3) is 2.71. The number of aromatic hydroxyl groups is 1. The number of halogens is 4. The summed E-state index contributed by atoms with van der Waals surface area (Å²) in [5.41, 5.74) is -1.86. The third-order valence-electron chi connectivity index (χ3n) is 3.81. The fourth-order valence-corrected chi connectivity index (χ4v) is 2.62. The van der Waals surface area contributed by atoms with Gasteiger partial charge in [0.25, 0.3) is 0 Å². The van der Waals surface area contributed by atoms with Crippen molar-refractivity contribution in [1.82, 2.24) is 4.40 Å². The van der Waals surface area contributed by atoms with E-state index < -0.39 is 29.3 Å². The summed E-state index contributed by atoms with van der Waals surface area (Å²) < 4.78 is 53.6. The van der Waals surface area contributed by atoms with E-state index in [1.165, 1.54) is 12.1 Å². The molecule has 1 aromatic carbocycles. The van der Waals surface area contributed by atoms with E-state index in [0.717, 1.165) is 16.5 Å². The first kappa shape index (κ1) is 17.3. The van der Waals surface area contributed by atoms with Gasteiger partial charge in [-0.25, -0.2) is 9.18 Å². The molecule has 0 saturated carbocycles. The molecule has 2 N–H and O–H groups in total. The molecule has 0 aliphatic heterocycles. The van der Waals surface area contributed by atoms with Gasteiger partial charge in [-0.15, -0.1) is 0 Å². The van der Waals surface area contributed by atoms with Gasteiger partial charge in [-0.05, 0) is 24.3 Å². The Hall–Kier alpha value is -3.54. The zero-order chi connectivity index (χ0) is 19.2. The molecule has 0 spiro atoms. The lowest BCUT2D eigenvalue weighted by Gasteiger charge is -2.10. The van der Waals surface area contributed by atoms with Gasteiger partial charge in [0.15, 0.2) is 5.82 Å². The van der Waals surface area contributed by atoms with E-state index in [-0.39, 0.29) is 27.9 Å². The number of benzene rings is 1. The normalized spacial score (nSPS) is 11.5. The smallest absolute Gasteiger partial charge is 0.419 e. The quantitative estimate of drug-likeness (QED) is 0.672. The van der Waals surface area contributed by atoms with Gasteiger partial charge >= 0.3 is 12.1 Å². The van der Waals surface area contributed by atoms with Gasteiger partial charge in [-0.1, -0.05) is 6.07 Å². The molecule has 26 heavy (non-hydrogen) atoms. The van der Waals surface area contributed by atoms with Crippen LogP contribution in [0.2, 0.25) is 0 Å². The second kappa shape index (κ2) is 5.77. The second-order valence-electron chi connectivity index (χ2n) is 5.38. The molecule has 0 unspecified atom stereocenters. The SMILES string of the molecule is N#Cc1cc(-c2ccc(C(=O)O)c(O)c2)n2cc(F)c(C(F)(F)F)cc12. The molecule has 3 aromatic rings. The van der Waals surface area contributed by atoms with E-state index in [9.17, 15) is 27.5 Å². The average Bonchev–Trinajstić information content (AvgIpc) is 2.90. The highest BCUT2D eigenvalue weighted by Crippen LogP contribution is 2.36. The first-order valence-electron chi connectivity index (χ1n) is 7.02. The molecule has 5 nitrogen and oxygen atoms in total. The predicted molar refractivity (Wildman–Crippen MR) is 81.1 cm³/mol. The summed E-state index contributed by atoms with van der Waals surface area (Å²) in [6.45, 7) is 0. The van der Waals surface area contributed by atoms with Crippen molar-refractivity contribution in [2.75, 3.05) is 0 Å². The molecular formula is C17H8F4N2O3. The minimum absolute atomic E-state index is 0.122. The number of nitriles is 1. The van der Waals surface area contributed by atoms with Crippen LogP contribution in [-0.2, 0) is 6.18 Å². The van der Waals surface area contributed by atoms with E-state index >= 15 is 0 Å². The minimum atomic E-state index is -4.93. The molecule has 0 atom stereocenters. The zero-order valence-electron chi connectivity index (χ0n) is 12.7. The monoisotopic (exact) mass is 364 g/mol. The van der Waals surface area contributed by atoms with Gasteiger partial charge in [-0.3, -0.25) is 0 Å². The predicted octanol–water partition coefficient (Wildman–Crippen LogP) is 4.04. The van der Waals surface area contributed by atoms with Crippen molar-refractivity contribution < 1.29 is 32.6 Å². The Morgan fingerprint density at radius 3 is 2.42 bits per heavy atom. The first-order chi connectivity index (χ1) is 12.1. The maximum Gasteiger partial charge on any atom is 0.419 e. The Balaban J connectivity index is 2.29. The molecule has 0 radical (unpaired) electrons. The molecule has 2 aromatic heterocycles. The lowest BCUT2D eigenvalue weighted by Crippen LogP contribution is -2.09. The lowest BCUT2D eigenvalue weighted by molar-refractivity contribution is -0.140. The van der Waals surface area contributed by atoms with Crippen LogP contribution >= 0.6 is 0 Å². The Labute approximate surface area is 143 Å². The van der Waals surface area contributed by atoms with Crippen molar-refractivity contribution in [3.05, 3.63) is 59.0 Å². The Bertz CT molecular complexity index is 1090. The van der Waals surface area contributed by atoms with Crippen molar-refractivity contribution in [1.29, 1.82) is 5.26 Å². The number of alkyl halides is 3. The number of pyridine rings is 1. The fourth-order valence-electron chi connectivity index (χ4n) is 2.62. The first-order valence-corrected chi connectivity index (χ1v) is 7.02. The molecule has 3 rings (SSSR count). The van der Waals surface area contributed by atoms with Crippen LogP contribution in [0.25, 0.3) is 16.8 Å². The topological polar surface area (TPSA) is 85.7 Å². The summed E-state index contributed by atoms with van der Waals surface area (Å²) in [5, 5.41) is 27.9. The summed E-state index contributed by atoms with van der Waals surface area (Å²) in [6.07, 6.45) is -4.33. The van der Waals surface area contributed by atoms with Crippen molar-refractivity contribution in [3.8, 4) is 23.1 Å². The van der Waals surface area contributed by atoms with E-state index in [1.54, 1.807) is 6.07 Å². The molecule has 0 aliphatic rings. The fraction of sp³-hybridized carbons (Fsp3) is 0.0588. The molecule has 2 heterocycles. The van der Waals surface area contributed by atoms with E-state index in [1.807, 2.05) is 0 Å². The van der Waals surface area contributed by atoms with Crippen LogP contribution in [-0.4, -0.2) is 20.6 Å². The van der Waals surface area contributed by atoms with Crippen LogP contribution < -0.4 is 0 Å². The largest absolute Gasteiger partial charge is 0.507 e. The van der Waals surface area contributed by atoms with Crippen LogP contribution in [0.5, 0.6) is 5.75 Å². The van der Waals surface area contributed by atoms with E-state index in [2.05, 4.69) is 0 Å². The molecule has 0 aliphatic carbocycles. The minimum Gasteiger partial charge on any atom is -0.507 e. The standard InChI is InChI=1S/C17H8F4N2O3/c18-12-7-23-13(8-1-2-10(16(25)26)15(24)4-8)3-9(6-22)14(23)5-11(12)17(19,20)21/h1-5,7,24H,(H,25,26).